The van der Waals surface area contributed by atoms with Gasteiger partial charge in [-0.3, -0.25) is 0 Å². The SMILES string of the molecule is Cc1cc(C)c2c(c1)N(c1cc3c4c(c1)N(c1cccc5c1oc1ccccc15)c1cc(C(C)(C)C)ccc1B4c1ccc(C(C)(C)C)cc1N3c1cccc3c1oc1ccccc13)C1(C)CCCCC21C. The lowest BCUT2D eigenvalue weighted by Gasteiger charge is -2.51. The number of anilines is 8. The van der Waals surface area contributed by atoms with Crippen LogP contribution in [-0.4, -0.2) is 12.3 Å². The number of benzene rings is 8. The maximum absolute atomic E-state index is 7.06. The van der Waals surface area contributed by atoms with Crippen molar-refractivity contribution in [3.05, 3.63) is 173 Å². The zero-order valence-electron chi connectivity index (χ0n) is 43.4. The van der Waals surface area contributed by atoms with E-state index in [1.165, 1.54) is 91.2 Å². The topological polar surface area (TPSA) is 36.0 Å². The summed E-state index contributed by atoms with van der Waals surface area (Å²) in [6.07, 6.45) is 4.68. The number of furan rings is 2. The highest BCUT2D eigenvalue weighted by molar-refractivity contribution is 7.00. The molecule has 356 valence electrons. The van der Waals surface area contributed by atoms with E-state index in [9.17, 15) is 0 Å². The Hall–Kier alpha value is -7.18. The first-order valence-electron chi connectivity index (χ1n) is 26.3. The van der Waals surface area contributed by atoms with Crippen molar-refractivity contribution in [2.45, 2.75) is 117 Å². The minimum Gasteiger partial charge on any atom is -0.454 e. The van der Waals surface area contributed by atoms with E-state index in [4.69, 9.17) is 8.83 Å². The van der Waals surface area contributed by atoms with Crippen LogP contribution in [0.3, 0.4) is 0 Å². The van der Waals surface area contributed by atoms with Crippen LogP contribution >= 0.6 is 0 Å². The molecule has 14 rings (SSSR count). The van der Waals surface area contributed by atoms with Crippen molar-refractivity contribution in [1.29, 1.82) is 0 Å². The molecule has 1 fully saturated rings. The van der Waals surface area contributed by atoms with E-state index in [-0.39, 0.29) is 28.5 Å². The molecule has 0 radical (unpaired) electrons. The van der Waals surface area contributed by atoms with Crippen molar-refractivity contribution in [2.75, 3.05) is 14.7 Å². The molecule has 10 aromatic rings. The fourth-order valence-electron chi connectivity index (χ4n) is 14.1. The summed E-state index contributed by atoms with van der Waals surface area (Å²) in [5.74, 6) is 0. The second-order valence-electron chi connectivity index (χ2n) is 24.2. The van der Waals surface area contributed by atoms with E-state index in [0.29, 0.717) is 0 Å². The third kappa shape index (κ3) is 5.84. The van der Waals surface area contributed by atoms with Gasteiger partial charge in [0.15, 0.2) is 11.2 Å². The van der Waals surface area contributed by atoms with Crippen LogP contribution in [0.25, 0.3) is 43.9 Å². The van der Waals surface area contributed by atoms with Crippen LogP contribution in [0.2, 0.25) is 0 Å². The first kappa shape index (κ1) is 43.6. The minimum absolute atomic E-state index is 0.0461. The average Bonchev–Trinajstić information content (AvgIpc) is 3.99. The highest BCUT2D eigenvalue weighted by Gasteiger charge is 2.59. The Labute approximate surface area is 424 Å². The Bertz CT molecular complexity index is 3750. The highest BCUT2D eigenvalue weighted by Crippen LogP contribution is 2.63. The molecular formula is C66H62BN3O2. The zero-order valence-corrected chi connectivity index (χ0v) is 43.4. The second kappa shape index (κ2) is 14.7. The average molecular weight is 940 g/mol. The lowest BCUT2D eigenvalue weighted by molar-refractivity contribution is 0.194. The van der Waals surface area contributed by atoms with Crippen LogP contribution in [0.5, 0.6) is 0 Å². The molecule has 0 amide bonds. The fraction of sp³-hybridized carbons (Fsp3) is 0.273. The van der Waals surface area contributed by atoms with Gasteiger partial charge in [0.25, 0.3) is 6.71 Å². The molecular weight excluding hydrogens is 878 g/mol. The normalized spacial score (nSPS) is 19.3. The first-order valence-corrected chi connectivity index (χ1v) is 26.3. The quantitative estimate of drug-likeness (QED) is 0.165. The molecule has 0 saturated heterocycles. The highest BCUT2D eigenvalue weighted by atomic mass is 16.3. The molecule has 2 aromatic heterocycles. The summed E-state index contributed by atoms with van der Waals surface area (Å²) in [6.45, 7) is 23.7. The molecule has 2 atom stereocenters. The molecule has 72 heavy (non-hydrogen) atoms. The van der Waals surface area contributed by atoms with E-state index in [1.807, 2.05) is 0 Å². The molecule has 1 saturated carbocycles. The first-order chi connectivity index (χ1) is 34.5. The molecule has 3 aliphatic heterocycles. The predicted octanol–water partition coefficient (Wildman–Crippen LogP) is 16.5. The van der Waals surface area contributed by atoms with Gasteiger partial charge in [-0.2, -0.15) is 0 Å². The van der Waals surface area contributed by atoms with Crippen molar-refractivity contribution in [3.8, 4) is 0 Å². The lowest BCUT2D eigenvalue weighted by Crippen LogP contribution is -2.61. The summed E-state index contributed by atoms with van der Waals surface area (Å²) in [5, 5.41) is 4.49. The summed E-state index contributed by atoms with van der Waals surface area (Å²) in [4.78, 5) is 7.97. The van der Waals surface area contributed by atoms with Gasteiger partial charge in [0, 0.05) is 61.1 Å². The maximum Gasteiger partial charge on any atom is 0.252 e. The van der Waals surface area contributed by atoms with E-state index < -0.39 is 0 Å². The molecule has 6 heteroatoms. The van der Waals surface area contributed by atoms with Gasteiger partial charge in [-0.1, -0.05) is 152 Å². The monoisotopic (exact) mass is 939 g/mol. The summed E-state index contributed by atoms with van der Waals surface area (Å²) >= 11 is 0. The zero-order chi connectivity index (χ0) is 49.4. The van der Waals surface area contributed by atoms with Crippen molar-refractivity contribution in [2.24, 2.45) is 0 Å². The molecule has 8 aromatic carbocycles. The Morgan fingerprint density at radius 2 is 0.986 bits per heavy atom. The second-order valence-corrected chi connectivity index (χ2v) is 24.2. The van der Waals surface area contributed by atoms with E-state index in [0.717, 1.165) is 68.1 Å². The van der Waals surface area contributed by atoms with Crippen LogP contribution in [0.4, 0.5) is 45.5 Å². The van der Waals surface area contributed by atoms with Crippen molar-refractivity contribution >= 4 is 112 Å². The summed E-state index contributed by atoms with van der Waals surface area (Å²) in [5.41, 5.74) is 23.2. The minimum atomic E-state index is -0.183. The number of para-hydroxylation sites is 4. The number of nitrogens with zero attached hydrogens (tertiary/aromatic N) is 3. The third-order valence-corrected chi connectivity index (χ3v) is 17.8. The fourth-order valence-corrected chi connectivity index (χ4v) is 14.1. The maximum atomic E-state index is 7.06. The molecule has 1 aliphatic carbocycles. The molecule has 0 bridgehead atoms. The van der Waals surface area contributed by atoms with Gasteiger partial charge < -0.3 is 23.5 Å². The van der Waals surface area contributed by atoms with E-state index in [1.54, 1.807) is 0 Å². The third-order valence-electron chi connectivity index (χ3n) is 17.8. The molecule has 5 heterocycles. The molecule has 5 nitrogen and oxygen atoms in total. The molecule has 2 unspecified atom stereocenters. The van der Waals surface area contributed by atoms with Crippen LogP contribution in [0, 0.1) is 13.8 Å². The van der Waals surface area contributed by atoms with E-state index >= 15 is 0 Å². The van der Waals surface area contributed by atoms with Crippen molar-refractivity contribution < 1.29 is 8.83 Å². The largest absolute Gasteiger partial charge is 0.454 e. The van der Waals surface area contributed by atoms with E-state index in [2.05, 4.69) is 230 Å². The van der Waals surface area contributed by atoms with Crippen LogP contribution in [0.15, 0.2) is 154 Å². The van der Waals surface area contributed by atoms with Gasteiger partial charge in [0.05, 0.1) is 16.9 Å². The van der Waals surface area contributed by atoms with Gasteiger partial charge in [0.2, 0.25) is 0 Å². The van der Waals surface area contributed by atoms with Crippen molar-refractivity contribution in [3.63, 3.8) is 0 Å². The number of rotatable bonds is 3. The predicted molar refractivity (Wildman–Crippen MR) is 305 cm³/mol. The molecule has 0 spiro atoms. The standard InChI is InChI=1S/C66H62BN3O2/c1-39-33-40(2)59-54(34-39)70(66(10)32-16-15-31-65(59,66)9)43-37-55-60-56(38-43)69(51-24-18-22-47-45-20-12-14-26-58(45)72-62(47)51)53-36-42(64(6,7)8)28-30-49(53)67(60)48-29-27-41(63(3,4)5)35-52(48)68(55)50-23-17-21-46-44-19-11-13-25-57(44)71-61(46)50/h11-14,17-30,33-38H,15-16,31-32H2,1-10H3. The smallest absolute Gasteiger partial charge is 0.252 e. The number of aryl methyl sites for hydroxylation is 2. The number of hydrogen-bond donors (Lipinski definition) is 0. The van der Waals surface area contributed by atoms with Crippen LogP contribution in [0.1, 0.15) is 109 Å². The number of fused-ring (bicyclic) bond motifs is 13. The van der Waals surface area contributed by atoms with Gasteiger partial charge in [-0.25, -0.2) is 0 Å². The van der Waals surface area contributed by atoms with Crippen molar-refractivity contribution in [1.82, 2.24) is 0 Å². The van der Waals surface area contributed by atoms with Gasteiger partial charge in [0.1, 0.15) is 11.2 Å². The Balaban J connectivity index is 1.16. The Kier molecular flexibility index (Phi) is 8.91. The summed E-state index contributed by atoms with van der Waals surface area (Å²) < 4.78 is 14.1. The molecule has 0 N–H and O–H groups in total. The number of hydrogen-bond acceptors (Lipinski definition) is 5. The van der Waals surface area contributed by atoms with Crippen LogP contribution in [-0.2, 0) is 16.2 Å². The van der Waals surface area contributed by atoms with Gasteiger partial charge in [-0.15, -0.1) is 0 Å². The lowest BCUT2D eigenvalue weighted by atomic mass is 9.33. The van der Waals surface area contributed by atoms with Gasteiger partial charge >= 0.3 is 0 Å². The molecule has 4 aliphatic rings. The van der Waals surface area contributed by atoms with Gasteiger partial charge in [-0.05, 0) is 143 Å². The summed E-state index contributed by atoms with van der Waals surface area (Å²) in [6, 6.07) is 55.2. The van der Waals surface area contributed by atoms with Crippen LogP contribution < -0.4 is 31.1 Å². The Morgan fingerprint density at radius 1 is 0.486 bits per heavy atom. The summed E-state index contributed by atoms with van der Waals surface area (Å²) in [7, 11) is 0. The Morgan fingerprint density at radius 3 is 1.51 bits per heavy atom.